The molecule has 1 atom stereocenters. The summed E-state index contributed by atoms with van der Waals surface area (Å²) in [5.41, 5.74) is 0. The minimum Gasteiger partial charge on any atom is -0.399 e. The molecule has 2 amide bonds. The van der Waals surface area contributed by atoms with Crippen molar-refractivity contribution in [1.29, 1.82) is 0 Å². The van der Waals surface area contributed by atoms with Gasteiger partial charge in [0.15, 0.2) is 0 Å². The fraction of sp³-hybridized carbons (Fsp3) is 0.400. The van der Waals surface area contributed by atoms with Gasteiger partial charge in [0.25, 0.3) is 6.41 Å². The second kappa shape index (κ2) is 2.78. The number of hydrogen-bond acceptors (Lipinski definition) is 6. The van der Waals surface area contributed by atoms with Crippen LogP contribution in [-0.4, -0.2) is 34.6 Å². The molecule has 0 saturated carbocycles. The predicted octanol–water partition coefficient (Wildman–Crippen LogP) is -0.602. The summed E-state index contributed by atoms with van der Waals surface area (Å²) in [6.07, 6.45) is -3.94. The lowest BCUT2D eigenvalue weighted by Gasteiger charge is -2.31. The van der Waals surface area contributed by atoms with Gasteiger partial charge in [-0.25, -0.2) is 9.59 Å². The van der Waals surface area contributed by atoms with Gasteiger partial charge in [-0.3, -0.25) is 4.79 Å². The van der Waals surface area contributed by atoms with Crippen LogP contribution in [0.15, 0.2) is 0 Å². The normalized spacial score (nSPS) is 21.0. The van der Waals surface area contributed by atoms with Crippen molar-refractivity contribution in [2.75, 3.05) is 0 Å². The Labute approximate surface area is 66.5 Å². The number of amides is 2. The van der Waals surface area contributed by atoms with E-state index in [0.717, 1.165) is 6.92 Å². The van der Waals surface area contributed by atoms with Gasteiger partial charge in [-0.1, -0.05) is 0 Å². The van der Waals surface area contributed by atoms with E-state index in [0.29, 0.717) is 0 Å². The van der Waals surface area contributed by atoms with Crippen molar-refractivity contribution in [3.63, 3.8) is 0 Å². The van der Waals surface area contributed by atoms with E-state index in [1.165, 1.54) is 0 Å². The van der Waals surface area contributed by atoms with Crippen molar-refractivity contribution < 1.29 is 29.0 Å². The molecule has 7 nitrogen and oxygen atoms in total. The van der Waals surface area contributed by atoms with Gasteiger partial charge in [-0.2, -0.15) is 0 Å². The molecule has 12 heavy (non-hydrogen) atoms. The predicted molar refractivity (Wildman–Crippen MR) is 31.5 cm³/mol. The van der Waals surface area contributed by atoms with Crippen molar-refractivity contribution in [3.8, 4) is 0 Å². The number of rotatable bonds is 0. The highest BCUT2D eigenvalue weighted by molar-refractivity contribution is 5.95. The Balaban J connectivity index is 2.52. The number of cyclic esters (lactones) is 1. The number of hydrogen-bond donors (Lipinski definition) is 1. The lowest BCUT2D eigenvalue weighted by molar-refractivity contribution is -0.201. The highest BCUT2D eigenvalue weighted by Gasteiger charge is 2.44. The zero-order valence-electron chi connectivity index (χ0n) is 6.01. The van der Waals surface area contributed by atoms with E-state index in [1.54, 1.807) is 0 Å². The van der Waals surface area contributed by atoms with E-state index < -0.39 is 24.6 Å². The number of carbonyl (C=O) groups excluding carboxylic acids is 3. The summed E-state index contributed by atoms with van der Waals surface area (Å²) in [5, 5.41) is 8.63. The molecule has 7 heteroatoms. The van der Waals surface area contributed by atoms with Crippen LogP contribution in [0.5, 0.6) is 0 Å². The molecule has 0 aromatic heterocycles. The van der Waals surface area contributed by atoms with Crippen LogP contribution in [0.1, 0.15) is 6.92 Å². The summed E-state index contributed by atoms with van der Waals surface area (Å²) >= 11 is 0. The van der Waals surface area contributed by atoms with E-state index >= 15 is 0 Å². The van der Waals surface area contributed by atoms with Gasteiger partial charge in [0.2, 0.25) is 0 Å². The second-order valence-electron chi connectivity index (χ2n) is 1.94. The van der Waals surface area contributed by atoms with Crippen LogP contribution in [0.3, 0.4) is 0 Å². The lowest BCUT2D eigenvalue weighted by Crippen LogP contribution is -2.57. The third kappa shape index (κ3) is 1.35. The fourth-order valence-electron chi connectivity index (χ4n) is 0.578. The van der Waals surface area contributed by atoms with Crippen molar-refractivity contribution in [3.05, 3.63) is 0 Å². The molecule has 0 radical (unpaired) electrons. The molecule has 66 valence electrons. The molecule has 0 aromatic rings. The second-order valence-corrected chi connectivity index (χ2v) is 1.94. The summed E-state index contributed by atoms with van der Waals surface area (Å²) in [4.78, 5) is 31.5. The molecule has 1 aliphatic rings. The standard InChI is InChI=1S/C5H5NO6/c1-2(7)11-3(8)6-4(9)12-5(6)10/h4,9H,1H3. The first kappa shape index (κ1) is 8.47. The number of ether oxygens (including phenoxy) is 2. The maximum Gasteiger partial charge on any atom is 0.432 e. The first-order chi connectivity index (χ1) is 5.52. The molecular weight excluding hydrogens is 170 g/mol. The number of imide groups is 1. The van der Waals surface area contributed by atoms with E-state index in [9.17, 15) is 14.4 Å². The summed E-state index contributed by atoms with van der Waals surface area (Å²) in [5.74, 6) is -0.869. The minimum absolute atomic E-state index is 0.265. The van der Waals surface area contributed by atoms with Crippen LogP contribution < -0.4 is 0 Å². The maximum atomic E-state index is 10.7. The molecule has 1 N–H and O–H groups in total. The summed E-state index contributed by atoms with van der Waals surface area (Å²) < 4.78 is 7.97. The SMILES string of the molecule is CC(=O)OC(=O)N1C(=O)OC1O. The molecule has 0 bridgehead atoms. The van der Waals surface area contributed by atoms with Crippen molar-refractivity contribution >= 4 is 18.2 Å². The van der Waals surface area contributed by atoms with Crippen LogP contribution in [0.4, 0.5) is 9.59 Å². The van der Waals surface area contributed by atoms with Gasteiger partial charge in [0.05, 0.1) is 0 Å². The molecule has 1 saturated heterocycles. The Morgan fingerprint density at radius 1 is 1.67 bits per heavy atom. The molecule has 0 aromatic carbocycles. The average Bonchev–Trinajstić information content (AvgIpc) is 1.83. The van der Waals surface area contributed by atoms with Gasteiger partial charge in [-0.15, -0.1) is 4.90 Å². The molecule has 1 aliphatic heterocycles. The average molecular weight is 175 g/mol. The number of esters is 1. The first-order valence-electron chi connectivity index (χ1n) is 2.92. The van der Waals surface area contributed by atoms with Crippen molar-refractivity contribution in [2.45, 2.75) is 13.3 Å². The summed E-state index contributed by atoms with van der Waals surface area (Å²) in [7, 11) is 0. The summed E-state index contributed by atoms with van der Waals surface area (Å²) in [6.45, 7) is 0.995. The number of nitrogens with zero attached hydrogens (tertiary/aromatic N) is 1. The molecule has 1 unspecified atom stereocenters. The largest absolute Gasteiger partial charge is 0.432 e. The Morgan fingerprint density at radius 2 is 2.25 bits per heavy atom. The van der Waals surface area contributed by atoms with Gasteiger partial charge in [-0.05, 0) is 0 Å². The minimum atomic E-state index is -1.65. The van der Waals surface area contributed by atoms with E-state index in [1.807, 2.05) is 0 Å². The van der Waals surface area contributed by atoms with Gasteiger partial charge < -0.3 is 14.6 Å². The number of carbonyl (C=O) groups is 3. The first-order valence-corrected chi connectivity index (χ1v) is 2.92. The van der Waals surface area contributed by atoms with Crippen LogP contribution >= 0.6 is 0 Å². The van der Waals surface area contributed by atoms with Crippen LogP contribution in [0.25, 0.3) is 0 Å². The molecule has 1 heterocycles. The highest BCUT2D eigenvalue weighted by atomic mass is 16.7. The monoisotopic (exact) mass is 175 g/mol. The zero-order valence-corrected chi connectivity index (χ0v) is 6.01. The quantitative estimate of drug-likeness (QED) is 0.390. The summed E-state index contributed by atoms with van der Waals surface area (Å²) in [6, 6.07) is 0. The molecule has 1 rings (SSSR count). The topological polar surface area (TPSA) is 93.1 Å². The Bertz CT molecular complexity index is 248. The van der Waals surface area contributed by atoms with Gasteiger partial charge >= 0.3 is 18.2 Å². The Kier molecular flexibility index (Phi) is 1.96. The highest BCUT2D eigenvalue weighted by Crippen LogP contribution is 2.15. The maximum absolute atomic E-state index is 10.7. The van der Waals surface area contributed by atoms with E-state index in [4.69, 9.17) is 5.11 Å². The van der Waals surface area contributed by atoms with E-state index in [2.05, 4.69) is 9.47 Å². The van der Waals surface area contributed by atoms with Crippen LogP contribution in [0.2, 0.25) is 0 Å². The Hall–Kier alpha value is -1.63. The zero-order chi connectivity index (χ0) is 9.30. The lowest BCUT2D eigenvalue weighted by atomic mass is 10.6. The molecule has 1 fully saturated rings. The smallest absolute Gasteiger partial charge is 0.399 e. The molecule has 0 aliphatic carbocycles. The molecule has 0 spiro atoms. The molecular formula is C5H5NO6. The van der Waals surface area contributed by atoms with Gasteiger partial charge in [0.1, 0.15) is 0 Å². The van der Waals surface area contributed by atoms with Crippen molar-refractivity contribution in [2.24, 2.45) is 0 Å². The Morgan fingerprint density at radius 3 is 2.58 bits per heavy atom. The fourth-order valence-corrected chi connectivity index (χ4v) is 0.578. The van der Waals surface area contributed by atoms with Crippen LogP contribution in [0, 0.1) is 0 Å². The van der Waals surface area contributed by atoms with Gasteiger partial charge in [0, 0.05) is 6.92 Å². The number of aliphatic hydroxyl groups excluding tert-OH is 1. The van der Waals surface area contributed by atoms with Crippen LogP contribution in [-0.2, 0) is 14.3 Å². The third-order valence-electron chi connectivity index (χ3n) is 1.05. The third-order valence-corrected chi connectivity index (χ3v) is 1.05. The number of aliphatic hydroxyl groups is 1. The van der Waals surface area contributed by atoms with E-state index in [-0.39, 0.29) is 4.90 Å². The van der Waals surface area contributed by atoms with Crippen molar-refractivity contribution in [1.82, 2.24) is 4.90 Å².